The Morgan fingerprint density at radius 2 is 1.79 bits per heavy atom. The number of carboxylic acid groups (broad SMARTS) is 1. The van der Waals surface area contributed by atoms with E-state index in [9.17, 15) is 29.4 Å². The van der Waals surface area contributed by atoms with E-state index in [-0.39, 0.29) is 36.1 Å². The lowest BCUT2D eigenvalue weighted by atomic mass is 9.84. The van der Waals surface area contributed by atoms with Crippen molar-refractivity contribution in [1.82, 2.24) is 16.0 Å². The van der Waals surface area contributed by atoms with E-state index in [2.05, 4.69) is 16.0 Å². The number of amides is 3. The first kappa shape index (κ1) is 26.2. The fraction of sp³-hybridized carbons (Fsp3) is 0.545. The van der Waals surface area contributed by atoms with Crippen molar-refractivity contribution in [2.24, 2.45) is 11.1 Å². The monoisotopic (exact) mass is 510 g/mol. The molecule has 10 nitrogen and oxygen atoms in total. The van der Waals surface area contributed by atoms with E-state index in [1.54, 1.807) is 12.1 Å². The van der Waals surface area contributed by atoms with Crippen LogP contribution in [0.5, 0.6) is 5.75 Å². The topological polar surface area (TPSA) is 171 Å². The summed E-state index contributed by atoms with van der Waals surface area (Å²) in [7, 11) is 2.46. The van der Waals surface area contributed by atoms with Crippen LogP contribution >= 0.6 is 21.6 Å². The van der Waals surface area contributed by atoms with Gasteiger partial charge in [0.25, 0.3) is 0 Å². The van der Waals surface area contributed by atoms with Gasteiger partial charge in [0.05, 0.1) is 11.5 Å². The minimum absolute atomic E-state index is 0.0771. The summed E-state index contributed by atoms with van der Waals surface area (Å²) >= 11 is 0. The lowest BCUT2D eigenvalue weighted by molar-refractivity contribution is -0.143. The zero-order valence-corrected chi connectivity index (χ0v) is 20.3. The lowest BCUT2D eigenvalue weighted by Gasteiger charge is -2.31. The van der Waals surface area contributed by atoms with Crippen LogP contribution in [0.2, 0.25) is 0 Å². The molecule has 1 saturated carbocycles. The van der Waals surface area contributed by atoms with E-state index in [0.29, 0.717) is 12.8 Å². The number of phenols is 1. The van der Waals surface area contributed by atoms with Crippen LogP contribution in [0.15, 0.2) is 24.3 Å². The Labute approximate surface area is 205 Å². The number of carbonyl (C=O) groups excluding carboxylic acids is 3. The van der Waals surface area contributed by atoms with Crippen molar-refractivity contribution in [3.05, 3.63) is 29.8 Å². The van der Waals surface area contributed by atoms with E-state index in [4.69, 9.17) is 5.73 Å². The first-order valence-corrected chi connectivity index (χ1v) is 13.6. The normalized spacial score (nSPS) is 24.3. The molecule has 1 saturated heterocycles. The van der Waals surface area contributed by atoms with Crippen molar-refractivity contribution in [3.63, 3.8) is 0 Å². The molecule has 1 aliphatic heterocycles. The highest BCUT2D eigenvalue weighted by atomic mass is 33.1. The van der Waals surface area contributed by atoms with Crippen molar-refractivity contribution < 1.29 is 29.4 Å². The minimum Gasteiger partial charge on any atom is -0.508 e. The Kier molecular flexibility index (Phi) is 9.09. The van der Waals surface area contributed by atoms with Gasteiger partial charge in [-0.2, -0.15) is 0 Å². The Balaban J connectivity index is 1.69. The van der Waals surface area contributed by atoms with Crippen molar-refractivity contribution in [2.75, 3.05) is 18.1 Å². The molecule has 3 rings (SSSR count). The maximum absolute atomic E-state index is 13.0. The molecule has 34 heavy (non-hydrogen) atoms. The summed E-state index contributed by atoms with van der Waals surface area (Å²) in [6.45, 7) is 0.0771. The van der Waals surface area contributed by atoms with Crippen LogP contribution in [0.3, 0.4) is 0 Å². The van der Waals surface area contributed by atoms with Gasteiger partial charge >= 0.3 is 5.97 Å². The van der Waals surface area contributed by atoms with Gasteiger partial charge in [-0.3, -0.25) is 14.4 Å². The first-order valence-electron chi connectivity index (χ1n) is 11.1. The van der Waals surface area contributed by atoms with Crippen LogP contribution < -0.4 is 21.7 Å². The average Bonchev–Trinajstić information content (AvgIpc) is 3.29. The highest BCUT2D eigenvalue weighted by Gasteiger charge is 2.43. The van der Waals surface area contributed by atoms with E-state index in [1.807, 2.05) is 0 Å². The molecule has 0 unspecified atom stereocenters. The third kappa shape index (κ3) is 6.80. The number of phenolic OH excluding ortho intramolecular Hbond substituents is 1. The smallest absolute Gasteiger partial charge is 0.327 e. The maximum atomic E-state index is 13.0. The standard InChI is InChI=1S/C22H30N4O6S2/c23-15(9-13-3-5-14(27)6-4-13)18(28)25-16-10-33-34-11-17(20(30)31)26-21(32)22(7-1-2-8-22)12-24-19(16)29/h3-6,15-17,27H,1-2,7-12,23H2,(H,24,29)(H,25,28)(H,26,32)(H,30,31)/t15-,16-,17-/m0/s1. The zero-order valence-electron chi connectivity index (χ0n) is 18.6. The lowest BCUT2D eigenvalue weighted by Crippen LogP contribution is -2.57. The van der Waals surface area contributed by atoms with Crippen LogP contribution in [0.1, 0.15) is 31.2 Å². The number of aromatic hydroxyl groups is 1. The molecule has 3 amide bonds. The van der Waals surface area contributed by atoms with Gasteiger partial charge < -0.3 is 31.9 Å². The molecule has 2 aliphatic rings. The number of benzene rings is 1. The van der Waals surface area contributed by atoms with Gasteiger partial charge in [-0.25, -0.2) is 4.79 Å². The first-order chi connectivity index (χ1) is 16.2. The Hall–Kier alpha value is -2.44. The number of nitrogens with two attached hydrogens (primary N) is 1. The Bertz CT molecular complexity index is 907. The number of rotatable bonds is 5. The molecular weight excluding hydrogens is 480 g/mol. The second kappa shape index (κ2) is 11.8. The molecule has 1 spiro atoms. The van der Waals surface area contributed by atoms with Gasteiger partial charge in [0.15, 0.2) is 0 Å². The van der Waals surface area contributed by atoms with Crippen LogP contribution in [0.25, 0.3) is 0 Å². The molecule has 0 aromatic heterocycles. The summed E-state index contributed by atoms with van der Waals surface area (Å²) < 4.78 is 0. The Morgan fingerprint density at radius 1 is 1.15 bits per heavy atom. The molecule has 1 aliphatic carbocycles. The quantitative estimate of drug-likeness (QED) is 0.307. The maximum Gasteiger partial charge on any atom is 0.327 e. The molecule has 186 valence electrons. The summed E-state index contributed by atoms with van der Waals surface area (Å²) in [5.74, 6) is -1.93. The van der Waals surface area contributed by atoms with Crippen LogP contribution in [-0.2, 0) is 25.6 Å². The van der Waals surface area contributed by atoms with Gasteiger partial charge in [-0.15, -0.1) is 0 Å². The molecule has 0 bridgehead atoms. The van der Waals surface area contributed by atoms with Crippen LogP contribution in [-0.4, -0.2) is 70.1 Å². The van der Waals surface area contributed by atoms with Gasteiger partial charge in [-0.1, -0.05) is 46.6 Å². The molecule has 0 radical (unpaired) electrons. The van der Waals surface area contributed by atoms with Crippen LogP contribution in [0, 0.1) is 5.41 Å². The number of nitrogens with one attached hydrogen (secondary N) is 3. The van der Waals surface area contributed by atoms with Crippen LogP contribution in [0.4, 0.5) is 0 Å². The average molecular weight is 511 g/mol. The SMILES string of the molecule is N[C@@H](Cc1ccc(O)cc1)C(=O)N[C@H]1CSSC[C@@H](C(=O)O)NC(=O)C2(CCCC2)CNC1=O. The molecule has 1 aromatic rings. The molecule has 1 aromatic carbocycles. The van der Waals surface area contributed by atoms with E-state index < -0.39 is 41.3 Å². The molecule has 2 fully saturated rings. The van der Waals surface area contributed by atoms with E-state index in [0.717, 1.165) is 18.4 Å². The highest BCUT2D eigenvalue weighted by Crippen LogP contribution is 2.38. The van der Waals surface area contributed by atoms with Gasteiger partial charge in [0, 0.05) is 18.1 Å². The number of carbonyl (C=O) groups is 4. The number of hydrogen-bond acceptors (Lipinski definition) is 8. The second-order valence-electron chi connectivity index (χ2n) is 8.68. The number of aliphatic carboxylic acids is 1. The second-order valence-corrected chi connectivity index (χ2v) is 11.2. The third-order valence-corrected chi connectivity index (χ3v) is 8.58. The zero-order chi connectivity index (χ0) is 24.7. The molecule has 7 N–H and O–H groups in total. The van der Waals surface area contributed by atoms with Crippen molar-refractivity contribution in [3.8, 4) is 5.75 Å². The van der Waals surface area contributed by atoms with Gasteiger partial charge in [0.1, 0.15) is 17.8 Å². The predicted molar refractivity (Wildman–Crippen MR) is 130 cm³/mol. The predicted octanol–water partition coefficient (Wildman–Crippen LogP) is 0.388. The fourth-order valence-corrected chi connectivity index (χ4v) is 6.39. The van der Waals surface area contributed by atoms with Gasteiger partial charge in [0.2, 0.25) is 17.7 Å². The molecule has 3 atom stereocenters. The van der Waals surface area contributed by atoms with Crippen molar-refractivity contribution in [1.29, 1.82) is 0 Å². The van der Waals surface area contributed by atoms with Crippen molar-refractivity contribution >= 4 is 45.3 Å². The van der Waals surface area contributed by atoms with E-state index >= 15 is 0 Å². The van der Waals surface area contributed by atoms with E-state index in [1.165, 1.54) is 33.7 Å². The summed E-state index contributed by atoms with van der Waals surface area (Å²) in [6, 6.07) is 3.52. The third-order valence-electron chi connectivity index (χ3n) is 6.16. The molecule has 1 heterocycles. The number of carboxylic acids is 1. The minimum atomic E-state index is -1.11. The molecule has 12 heteroatoms. The Morgan fingerprint density at radius 3 is 2.44 bits per heavy atom. The molecular formula is C22H30N4O6S2. The summed E-state index contributed by atoms with van der Waals surface area (Å²) in [6.07, 6.45) is 2.98. The summed E-state index contributed by atoms with van der Waals surface area (Å²) in [4.78, 5) is 50.3. The largest absolute Gasteiger partial charge is 0.508 e. The summed E-state index contributed by atoms with van der Waals surface area (Å²) in [5, 5.41) is 27.1. The summed E-state index contributed by atoms with van der Waals surface area (Å²) in [5.41, 5.74) is 5.96. The highest BCUT2D eigenvalue weighted by molar-refractivity contribution is 8.76. The fourth-order valence-electron chi connectivity index (χ4n) is 4.07. The van der Waals surface area contributed by atoms with Gasteiger partial charge in [-0.05, 0) is 37.0 Å². The number of hydrogen-bond donors (Lipinski definition) is 6. The van der Waals surface area contributed by atoms with Crippen molar-refractivity contribution in [2.45, 2.75) is 50.2 Å².